The van der Waals surface area contributed by atoms with Gasteiger partial charge in [0, 0.05) is 5.56 Å². The van der Waals surface area contributed by atoms with Gasteiger partial charge in [-0.1, -0.05) is 18.2 Å². The van der Waals surface area contributed by atoms with Gasteiger partial charge in [0.1, 0.15) is 0 Å². The molecule has 0 amide bonds. The largest absolute Gasteiger partial charge is 0.504 e. The molecule has 2 heteroatoms. The third kappa shape index (κ3) is 1.59. The Balaban J connectivity index is 3.04. The lowest BCUT2D eigenvalue weighted by atomic mass is 10.1. The zero-order valence-electron chi connectivity index (χ0n) is 7.08. The van der Waals surface area contributed by atoms with Crippen molar-refractivity contribution in [1.29, 1.82) is 0 Å². The normalized spacial score (nSPS) is 9.42. The molecule has 64 valence electrons. The lowest BCUT2D eigenvalue weighted by molar-refractivity contribution is 0.371. The lowest BCUT2D eigenvalue weighted by Gasteiger charge is -2.06. The molecule has 0 aliphatic heterocycles. The smallest absolute Gasteiger partial charge is 0.161 e. The Bertz CT molecular complexity index is 279. The predicted molar refractivity (Wildman–Crippen MR) is 48.6 cm³/mol. The molecule has 0 unspecified atom stereocenters. The summed E-state index contributed by atoms with van der Waals surface area (Å²) in [4.78, 5) is 0. The maximum atomic E-state index is 9.55. The van der Waals surface area contributed by atoms with Gasteiger partial charge in [0.2, 0.25) is 0 Å². The summed E-state index contributed by atoms with van der Waals surface area (Å²) in [5.41, 5.74) is 0.837. The van der Waals surface area contributed by atoms with E-state index in [-0.39, 0.29) is 5.75 Å². The lowest BCUT2D eigenvalue weighted by Crippen LogP contribution is -1.87. The standard InChI is InChI=1S/C10H12O2/c1-3-5-8-6-4-7-9(12-2)10(8)11/h3-4,6-7,11H,1,5H2,2H3. The Hall–Kier alpha value is -1.44. The molecule has 1 rings (SSSR count). The van der Waals surface area contributed by atoms with Crippen molar-refractivity contribution in [3.8, 4) is 11.5 Å². The fraction of sp³-hybridized carbons (Fsp3) is 0.200. The fourth-order valence-corrected chi connectivity index (χ4v) is 1.05. The third-order valence-electron chi connectivity index (χ3n) is 1.67. The van der Waals surface area contributed by atoms with Gasteiger partial charge < -0.3 is 9.84 Å². The Morgan fingerprint density at radius 3 is 2.92 bits per heavy atom. The minimum absolute atomic E-state index is 0.208. The van der Waals surface area contributed by atoms with Crippen LogP contribution in [-0.2, 0) is 6.42 Å². The summed E-state index contributed by atoms with van der Waals surface area (Å²) in [6.07, 6.45) is 2.40. The number of hydrogen-bond acceptors (Lipinski definition) is 2. The number of rotatable bonds is 3. The van der Waals surface area contributed by atoms with Crippen molar-refractivity contribution >= 4 is 0 Å². The molecule has 0 bridgehead atoms. The maximum Gasteiger partial charge on any atom is 0.161 e. The van der Waals surface area contributed by atoms with Crippen molar-refractivity contribution in [1.82, 2.24) is 0 Å². The van der Waals surface area contributed by atoms with E-state index in [0.717, 1.165) is 5.56 Å². The van der Waals surface area contributed by atoms with Crippen LogP contribution in [-0.4, -0.2) is 12.2 Å². The summed E-state index contributed by atoms with van der Waals surface area (Å²) in [6, 6.07) is 5.42. The number of para-hydroxylation sites is 1. The molecule has 1 aromatic carbocycles. The number of phenolic OH excluding ortho intramolecular Hbond substituents is 1. The van der Waals surface area contributed by atoms with Gasteiger partial charge in [0.15, 0.2) is 11.5 Å². The summed E-state index contributed by atoms with van der Waals surface area (Å²) in [5, 5.41) is 9.55. The van der Waals surface area contributed by atoms with E-state index in [1.54, 1.807) is 12.1 Å². The van der Waals surface area contributed by atoms with E-state index >= 15 is 0 Å². The average Bonchev–Trinajstić information content (AvgIpc) is 2.09. The molecular formula is C10H12O2. The number of phenols is 1. The van der Waals surface area contributed by atoms with Gasteiger partial charge in [0.25, 0.3) is 0 Å². The first kappa shape index (κ1) is 8.65. The molecule has 0 saturated heterocycles. The summed E-state index contributed by atoms with van der Waals surface area (Å²) < 4.78 is 4.95. The number of ether oxygens (including phenoxy) is 1. The highest BCUT2D eigenvalue weighted by Crippen LogP contribution is 2.29. The van der Waals surface area contributed by atoms with Gasteiger partial charge in [-0.25, -0.2) is 0 Å². The van der Waals surface area contributed by atoms with Crippen LogP contribution in [0, 0.1) is 0 Å². The molecule has 0 spiro atoms. The van der Waals surface area contributed by atoms with Crippen LogP contribution in [0.25, 0.3) is 0 Å². The molecule has 0 atom stereocenters. The Kier molecular flexibility index (Phi) is 2.75. The van der Waals surface area contributed by atoms with Gasteiger partial charge in [0.05, 0.1) is 7.11 Å². The molecule has 0 heterocycles. The fourth-order valence-electron chi connectivity index (χ4n) is 1.05. The number of benzene rings is 1. The molecule has 0 aromatic heterocycles. The summed E-state index contributed by atoms with van der Waals surface area (Å²) in [7, 11) is 1.53. The minimum Gasteiger partial charge on any atom is -0.504 e. The van der Waals surface area contributed by atoms with E-state index in [0.29, 0.717) is 12.2 Å². The van der Waals surface area contributed by atoms with E-state index in [4.69, 9.17) is 4.74 Å². The molecular weight excluding hydrogens is 152 g/mol. The molecule has 0 radical (unpaired) electrons. The van der Waals surface area contributed by atoms with Gasteiger partial charge in [-0.15, -0.1) is 6.58 Å². The Morgan fingerprint density at radius 1 is 1.58 bits per heavy atom. The van der Waals surface area contributed by atoms with Gasteiger partial charge >= 0.3 is 0 Å². The van der Waals surface area contributed by atoms with Crippen LogP contribution >= 0.6 is 0 Å². The first-order chi connectivity index (χ1) is 5.79. The van der Waals surface area contributed by atoms with Crippen LogP contribution in [0.15, 0.2) is 30.9 Å². The van der Waals surface area contributed by atoms with E-state index in [2.05, 4.69) is 6.58 Å². The van der Waals surface area contributed by atoms with Crippen LogP contribution in [0.4, 0.5) is 0 Å². The zero-order chi connectivity index (χ0) is 8.97. The average molecular weight is 164 g/mol. The second-order valence-electron chi connectivity index (χ2n) is 2.46. The molecule has 0 saturated carbocycles. The Morgan fingerprint density at radius 2 is 2.33 bits per heavy atom. The van der Waals surface area contributed by atoms with Crippen LogP contribution in [0.2, 0.25) is 0 Å². The van der Waals surface area contributed by atoms with Crippen molar-refractivity contribution < 1.29 is 9.84 Å². The Labute approximate surface area is 72.1 Å². The van der Waals surface area contributed by atoms with Gasteiger partial charge in [-0.05, 0) is 12.5 Å². The van der Waals surface area contributed by atoms with Crippen LogP contribution in [0.3, 0.4) is 0 Å². The van der Waals surface area contributed by atoms with Crippen LogP contribution in [0.1, 0.15) is 5.56 Å². The first-order valence-electron chi connectivity index (χ1n) is 3.75. The highest BCUT2D eigenvalue weighted by atomic mass is 16.5. The summed E-state index contributed by atoms with van der Waals surface area (Å²) >= 11 is 0. The van der Waals surface area contributed by atoms with E-state index in [1.807, 2.05) is 12.1 Å². The highest BCUT2D eigenvalue weighted by Gasteiger charge is 2.04. The quantitative estimate of drug-likeness (QED) is 0.693. The first-order valence-corrected chi connectivity index (χ1v) is 3.75. The second kappa shape index (κ2) is 3.81. The van der Waals surface area contributed by atoms with Crippen molar-refractivity contribution in [2.75, 3.05) is 7.11 Å². The van der Waals surface area contributed by atoms with Crippen molar-refractivity contribution in [2.24, 2.45) is 0 Å². The number of methoxy groups -OCH3 is 1. The molecule has 0 aliphatic rings. The molecule has 2 nitrogen and oxygen atoms in total. The zero-order valence-corrected chi connectivity index (χ0v) is 7.08. The highest BCUT2D eigenvalue weighted by molar-refractivity contribution is 5.45. The number of hydrogen-bond donors (Lipinski definition) is 1. The van der Waals surface area contributed by atoms with Crippen LogP contribution in [0.5, 0.6) is 11.5 Å². The monoisotopic (exact) mass is 164 g/mol. The SMILES string of the molecule is C=CCc1cccc(OC)c1O. The summed E-state index contributed by atoms with van der Waals surface area (Å²) in [5.74, 6) is 0.717. The molecule has 12 heavy (non-hydrogen) atoms. The topological polar surface area (TPSA) is 29.5 Å². The third-order valence-corrected chi connectivity index (χ3v) is 1.67. The number of allylic oxidation sites excluding steroid dienone is 1. The van der Waals surface area contributed by atoms with E-state index in [1.165, 1.54) is 7.11 Å². The molecule has 1 aromatic rings. The van der Waals surface area contributed by atoms with Gasteiger partial charge in [-0.2, -0.15) is 0 Å². The van der Waals surface area contributed by atoms with E-state index < -0.39 is 0 Å². The number of aromatic hydroxyl groups is 1. The van der Waals surface area contributed by atoms with Crippen molar-refractivity contribution in [3.05, 3.63) is 36.4 Å². The minimum atomic E-state index is 0.208. The molecule has 0 aliphatic carbocycles. The second-order valence-corrected chi connectivity index (χ2v) is 2.46. The molecule has 0 fully saturated rings. The van der Waals surface area contributed by atoms with E-state index in [9.17, 15) is 5.11 Å². The molecule has 1 N–H and O–H groups in total. The maximum absolute atomic E-state index is 9.55. The van der Waals surface area contributed by atoms with Gasteiger partial charge in [-0.3, -0.25) is 0 Å². The predicted octanol–water partition coefficient (Wildman–Crippen LogP) is 2.13. The van der Waals surface area contributed by atoms with Crippen molar-refractivity contribution in [3.63, 3.8) is 0 Å². The van der Waals surface area contributed by atoms with Crippen LogP contribution < -0.4 is 4.74 Å². The van der Waals surface area contributed by atoms with Crippen molar-refractivity contribution in [2.45, 2.75) is 6.42 Å². The summed E-state index contributed by atoms with van der Waals surface area (Å²) in [6.45, 7) is 3.60.